The Morgan fingerprint density at radius 1 is 1.12 bits per heavy atom. The number of aliphatic hydroxyl groups is 1. The van der Waals surface area contributed by atoms with Crippen LogP contribution in [0.25, 0.3) is 0 Å². The van der Waals surface area contributed by atoms with E-state index < -0.39 is 6.10 Å². The van der Waals surface area contributed by atoms with Gasteiger partial charge in [-0.15, -0.1) is 0 Å². The lowest BCUT2D eigenvalue weighted by Crippen LogP contribution is -2.04. The molecule has 2 aromatic rings. The van der Waals surface area contributed by atoms with Crippen LogP contribution in [0, 0.1) is 6.92 Å². The maximum absolute atomic E-state index is 10.3. The van der Waals surface area contributed by atoms with Crippen molar-refractivity contribution in [1.82, 2.24) is 0 Å². The Labute approximate surface area is 109 Å². The zero-order valence-corrected chi connectivity index (χ0v) is 11.1. The minimum Gasteiger partial charge on any atom is -0.398 e. The molecular weight excluding hydrogens is 278 g/mol. The lowest BCUT2D eigenvalue weighted by Gasteiger charge is -2.15. The average molecular weight is 292 g/mol. The average Bonchev–Trinajstić information content (AvgIpc) is 2.33. The number of halogens is 1. The molecule has 0 amide bonds. The van der Waals surface area contributed by atoms with Crippen molar-refractivity contribution in [3.05, 3.63) is 63.6 Å². The summed E-state index contributed by atoms with van der Waals surface area (Å²) in [4.78, 5) is 0. The van der Waals surface area contributed by atoms with Crippen LogP contribution in [0.1, 0.15) is 22.8 Å². The molecule has 0 bridgehead atoms. The van der Waals surface area contributed by atoms with Crippen LogP contribution in [-0.4, -0.2) is 5.11 Å². The molecular formula is C14H14BrNO. The van der Waals surface area contributed by atoms with E-state index in [1.54, 1.807) is 0 Å². The van der Waals surface area contributed by atoms with E-state index in [1.807, 2.05) is 49.4 Å². The van der Waals surface area contributed by atoms with Gasteiger partial charge in [0, 0.05) is 10.0 Å². The summed E-state index contributed by atoms with van der Waals surface area (Å²) in [5.41, 5.74) is 9.27. The highest BCUT2D eigenvalue weighted by molar-refractivity contribution is 9.10. The monoisotopic (exact) mass is 291 g/mol. The largest absolute Gasteiger partial charge is 0.398 e. The molecule has 17 heavy (non-hydrogen) atoms. The van der Waals surface area contributed by atoms with Gasteiger partial charge in [0.05, 0.1) is 5.69 Å². The van der Waals surface area contributed by atoms with E-state index in [1.165, 1.54) is 5.56 Å². The molecule has 0 aliphatic carbocycles. The molecule has 1 unspecified atom stereocenters. The number of aryl methyl sites for hydroxylation is 1. The second kappa shape index (κ2) is 4.90. The molecule has 3 heteroatoms. The predicted octanol–water partition coefficient (Wildman–Crippen LogP) is 3.42. The summed E-state index contributed by atoms with van der Waals surface area (Å²) in [6, 6.07) is 13.4. The van der Waals surface area contributed by atoms with Gasteiger partial charge in [0.1, 0.15) is 6.10 Å². The van der Waals surface area contributed by atoms with Crippen molar-refractivity contribution in [3.63, 3.8) is 0 Å². The second-order valence-corrected chi connectivity index (χ2v) is 4.91. The van der Waals surface area contributed by atoms with Crippen molar-refractivity contribution < 1.29 is 5.11 Å². The topological polar surface area (TPSA) is 46.2 Å². The summed E-state index contributed by atoms with van der Waals surface area (Å²) in [6.45, 7) is 2.02. The number of hydrogen-bond acceptors (Lipinski definition) is 2. The number of aliphatic hydroxyl groups excluding tert-OH is 1. The van der Waals surface area contributed by atoms with Gasteiger partial charge in [0.15, 0.2) is 0 Å². The fraction of sp³-hybridized carbons (Fsp3) is 0.143. The van der Waals surface area contributed by atoms with Crippen LogP contribution >= 0.6 is 15.9 Å². The molecule has 0 aromatic heterocycles. The van der Waals surface area contributed by atoms with Crippen LogP contribution in [0.2, 0.25) is 0 Å². The van der Waals surface area contributed by atoms with Crippen molar-refractivity contribution in [2.45, 2.75) is 13.0 Å². The molecule has 88 valence electrons. The molecule has 0 aliphatic rings. The van der Waals surface area contributed by atoms with E-state index in [4.69, 9.17) is 5.73 Å². The Bertz CT molecular complexity index is 522. The van der Waals surface area contributed by atoms with Gasteiger partial charge >= 0.3 is 0 Å². The number of nitrogen functional groups attached to an aromatic ring is 1. The Morgan fingerprint density at radius 3 is 2.41 bits per heavy atom. The number of para-hydroxylation sites is 1. The normalized spacial score (nSPS) is 12.4. The first kappa shape index (κ1) is 12.1. The SMILES string of the molecule is Cc1ccc(C(O)c2cccc(Br)c2N)cc1. The van der Waals surface area contributed by atoms with Crippen LogP contribution in [-0.2, 0) is 0 Å². The fourth-order valence-corrected chi connectivity index (χ4v) is 2.10. The van der Waals surface area contributed by atoms with Gasteiger partial charge in [-0.2, -0.15) is 0 Å². The highest BCUT2D eigenvalue weighted by atomic mass is 79.9. The molecule has 2 nitrogen and oxygen atoms in total. The summed E-state index contributed by atoms with van der Waals surface area (Å²) in [5.74, 6) is 0. The van der Waals surface area contributed by atoms with E-state index >= 15 is 0 Å². The third-order valence-corrected chi connectivity index (χ3v) is 3.47. The Balaban J connectivity index is 2.40. The van der Waals surface area contributed by atoms with E-state index in [2.05, 4.69) is 15.9 Å². The predicted molar refractivity (Wildman–Crippen MR) is 73.8 cm³/mol. The second-order valence-electron chi connectivity index (χ2n) is 4.06. The molecule has 0 radical (unpaired) electrons. The summed E-state index contributed by atoms with van der Waals surface area (Å²) in [6.07, 6.45) is -0.687. The van der Waals surface area contributed by atoms with Crippen LogP contribution in [0.15, 0.2) is 46.9 Å². The number of anilines is 1. The van der Waals surface area contributed by atoms with Gasteiger partial charge in [-0.25, -0.2) is 0 Å². The quantitative estimate of drug-likeness (QED) is 0.833. The first-order valence-electron chi connectivity index (χ1n) is 5.38. The lowest BCUT2D eigenvalue weighted by atomic mass is 9.99. The van der Waals surface area contributed by atoms with Crippen molar-refractivity contribution in [1.29, 1.82) is 0 Å². The number of benzene rings is 2. The van der Waals surface area contributed by atoms with Crippen molar-refractivity contribution in [2.24, 2.45) is 0 Å². The van der Waals surface area contributed by atoms with Crippen LogP contribution in [0.5, 0.6) is 0 Å². The molecule has 2 aromatic carbocycles. The van der Waals surface area contributed by atoms with Gasteiger partial charge < -0.3 is 10.8 Å². The number of rotatable bonds is 2. The standard InChI is InChI=1S/C14H14BrNO/c1-9-5-7-10(8-6-9)14(17)11-3-2-4-12(15)13(11)16/h2-8,14,17H,16H2,1H3. The lowest BCUT2D eigenvalue weighted by molar-refractivity contribution is 0.221. The fourth-order valence-electron chi connectivity index (χ4n) is 1.72. The third-order valence-electron chi connectivity index (χ3n) is 2.77. The molecule has 2 rings (SSSR count). The van der Waals surface area contributed by atoms with Gasteiger partial charge in [0.25, 0.3) is 0 Å². The number of hydrogen-bond donors (Lipinski definition) is 2. The third kappa shape index (κ3) is 2.51. The summed E-state index contributed by atoms with van der Waals surface area (Å²) in [7, 11) is 0. The Kier molecular flexibility index (Phi) is 3.50. The van der Waals surface area contributed by atoms with Crippen LogP contribution in [0.4, 0.5) is 5.69 Å². The van der Waals surface area contributed by atoms with E-state index in [0.29, 0.717) is 5.69 Å². The van der Waals surface area contributed by atoms with E-state index in [9.17, 15) is 5.11 Å². The van der Waals surface area contributed by atoms with E-state index in [-0.39, 0.29) is 0 Å². The van der Waals surface area contributed by atoms with Gasteiger partial charge in [-0.1, -0.05) is 42.0 Å². The molecule has 0 saturated heterocycles. The highest BCUT2D eigenvalue weighted by Gasteiger charge is 2.14. The molecule has 3 N–H and O–H groups in total. The van der Waals surface area contributed by atoms with Crippen molar-refractivity contribution in [2.75, 3.05) is 5.73 Å². The first-order chi connectivity index (χ1) is 8.09. The maximum atomic E-state index is 10.3. The van der Waals surface area contributed by atoms with Gasteiger partial charge in [-0.05, 0) is 34.5 Å². The van der Waals surface area contributed by atoms with Crippen molar-refractivity contribution >= 4 is 21.6 Å². The molecule has 0 spiro atoms. The molecule has 0 saturated carbocycles. The van der Waals surface area contributed by atoms with Gasteiger partial charge in [0.2, 0.25) is 0 Å². The van der Waals surface area contributed by atoms with E-state index in [0.717, 1.165) is 15.6 Å². The minimum atomic E-state index is -0.687. The smallest absolute Gasteiger partial charge is 0.106 e. The summed E-state index contributed by atoms with van der Waals surface area (Å²) >= 11 is 3.36. The van der Waals surface area contributed by atoms with Gasteiger partial charge in [-0.3, -0.25) is 0 Å². The molecule has 0 heterocycles. The Hall–Kier alpha value is -1.32. The first-order valence-corrected chi connectivity index (χ1v) is 6.17. The highest BCUT2D eigenvalue weighted by Crippen LogP contribution is 2.31. The molecule has 0 aliphatic heterocycles. The summed E-state index contributed by atoms with van der Waals surface area (Å²) < 4.78 is 0.807. The van der Waals surface area contributed by atoms with Crippen LogP contribution in [0.3, 0.4) is 0 Å². The minimum absolute atomic E-state index is 0.584. The maximum Gasteiger partial charge on any atom is 0.106 e. The van der Waals surface area contributed by atoms with Crippen molar-refractivity contribution in [3.8, 4) is 0 Å². The summed E-state index contributed by atoms with van der Waals surface area (Å²) in [5, 5.41) is 10.3. The zero-order chi connectivity index (χ0) is 12.4. The molecule has 0 fully saturated rings. The Morgan fingerprint density at radius 2 is 1.76 bits per heavy atom. The van der Waals surface area contributed by atoms with Crippen LogP contribution < -0.4 is 5.73 Å². The molecule has 1 atom stereocenters. The zero-order valence-electron chi connectivity index (χ0n) is 9.52. The number of nitrogens with two attached hydrogens (primary N) is 1.